The van der Waals surface area contributed by atoms with Crippen LogP contribution in [-0.4, -0.2) is 19.9 Å². The van der Waals surface area contributed by atoms with Crippen molar-refractivity contribution < 1.29 is 4.79 Å². The summed E-state index contributed by atoms with van der Waals surface area (Å²) < 4.78 is 0. The second-order valence-corrected chi connectivity index (χ2v) is 4.71. The molecule has 2 nitrogen and oxygen atoms in total. The molecule has 0 saturated carbocycles. The predicted molar refractivity (Wildman–Crippen MR) is 68.8 cm³/mol. The summed E-state index contributed by atoms with van der Waals surface area (Å²) in [6.07, 6.45) is 3.07. The van der Waals surface area contributed by atoms with Gasteiger partial charge in [0, 0.05) is 24.7 Å². The number of aldehydes is 1. The van der Waals surface area contributed by atoms with E-state index in [1.165, 1.54) is 0 Å². The number of nitrogens with zero attached hydrogens (tertiary/aromatic N) is 1. The lowest BCUT2D eigenvalue weighted by Crippen LogP contribution is -2.34. The van der Waals surface area contributed by atoms with Crippen LogP contribution in [0.25, 0.3) is 0 Å². The summed E-state index contributed by atoms with van der Waals surface area (Å²) >= 11 is 0. The number of hydrogen-bond acceptors (Lipinski definition) is 2. The van der Waals surface area contributed by atoms with Gasteiger partial charge < -0.3 is 9.69 Å². The fraction of sp³-hybridized carbons (Fsp3) is 0.500. The highest BCUT2D eigenvalue weighted by Crippen LogP contribution is 2.24. The quantitative estimate of drug-likeness (QED) is 0.685. The molecule has 0 N–H and O–H groups in total. The van der Waals surface area contributed by atoms with E-state index in [1.807, 2.05) is 32.2 Å². The van der Waals surface area contributed by atoms with Gasteiger partial charge in [-0.2, -0.15) is 0 Å². The molecule has 0 saturated heterocycles. The summed E-state index contributed by atoms with van der Waals surface area (Å²) in [5, 5.41) is 0. The lowest BCUT2D eigenvalue weighted by atomic mass is 9.87. The fourth-order valence-corrected chi connectivity index (χ4v) is 2.06. The van der Waals surface area contributed by atoms with Gasteiger partial charge in [0.1, 0.15) is 6.29 Å². The normalized spacial score (nSPS) is 14.2. The van der Waals surface area contributed by atoms with Gasteiger partial charge >= 0.3 is 0 Å². The molecule has 88 valence electrons. The van der Waals surface area contributed by atoms with Crippen LogP contribution in [0, 0.1) is 5.41 Å². The molecule has 2 heteroatoms. The second kappa shape index (κ2) is 5.69. The van der Waals surface area contributed by atoms with Crippen molar-refractivity contribution in [3.63, 3.8) is 0 Å². The number of anilines is 1. The van der Waals surface area contributed by atoms with Crippen molar-refractivity contribution in [1.82, 2.24) is 0 Å². The molecule has 0 heterocycles. The Bertz CT molecular complexity index is 323. The van der Waals surface area contributed by atoms with Gasteiger partial charge in [-0.15, -0.1) is 0 Å². The molecule has 1 aromatic rings. The molecule has 0 amide bonds. The van der Waals surface area contributed by atoms with Crippen LogP contribution in [0.2, 0.25) is 0 Å². The lowest BCUT2D eigenvalue weighted by molar-refractivity contribution is -0.115. The maximum atomic E-state index is 11.2. The first-order chi connectivity index (χ1) is 7.61. The van der Waals surface area contributed by atoms with Crippen LogP contribution in [0.5, 0.6) is 0 Å². The Morgan fingerprint density at radius 2 is 1.94 bits per heavy atom. The van der Waals surface area contributed by atoms with Gasteiger partial charge in [0.2, 0.25) is 0 Å². The molecule has 1 atom stereocenters. The fourth-order valence-electron chi connectivity index (χ4n) is 2.06. The van der Waals surface area contributed by atoms with E-state index in [-0.39, 0.29) is 5.41 Å². The molecule has 0 aromatic heterocycles. The van der Waals surface area contributed by atoms with Crippen LogP contribution in [0.1, 0.15) is 26.7 Å². The van der Waals surface area contributed by atoms with E-state index in [2.05, 4.69) is 24.0 Å². The van der Waals surface area contributed by atoms with Crippen molar-refractivity contribution in [2.75, 3.05) is 18.5 Å². The summed E-state index contributed by atoms with van der Waals surface area (Å²) in [7, 11) is 2.03. The molecule has 0 aliphatic carbocycles. The zero-order chi connectivity index (χ0) is 12.0. The minimum Gasteiger partial charge on any atom is -0.374 e. The summed E-state index contributed by atoms with van der Waals surface area (Å²) in [5.74, 6) is 0. The van der Waals surface area contributed by atoms with Crippen molar-refractivity contribution in [3.05, 3.63) is 30.3 Å². The molecule has 0 radical (unpaired) electrons. The Hall–Kier alpha value is -1.31. The van der Waals surface area contributed by atoms with Gasteiger partial charge in [0.15, 0.2) is 0 Å². The van der Waals surface area contributed by atoms with Crippen LogP contribution < -0.4 is 4.90 Å². The lowest BCUT2D eigenvalue weighted by Gasteiger charge is -2.30. The first-order valence-electron chi connectivity index (χ1n) is 5.84. The largest absolute Gasteiger partial charge is 0.374 e. The third kappa shape index (κ3) is 3.37. The van der Waals surface area contributed by atoms with Crippen molar-refractivity contribution >= 4 is 12.0 Å². The van der Waals surface area contributed by atoms with E-state index in [0.29, 0.717) is 0 Å². The van der Waals surface area contributed by atoms with Crippen LogP contribution >= 0.6 is 0 Å². The van der Waals surface area contributed by atoms with Crippen molar-refractivity contribution in [2.45, 2.75) is 26.7 Å². The molecular formula is C14H21NO. The smallest absolute Gasteiger partial charge is 0.127 e. The average molecular weight is 219 g/mol. The maximum absolute atomic E-state index is 11.2. The molecule has 0 aliphatic heterocycles. The minimum atomic E-state index is -0.237. The average Bonchev–Trinajstić information content (AvgIpc) is 2.30. The molecule has 1 unspecified atom stereocenters. The zero-order valence-corrected chi connectivity index (χ0v) is 10.4. The highest BCUT2D eigenvalue weighted by molar-refractivity contribution is 5.61. The van der Waals surface area contributed by atoms with Gasteiger partial charge in [-0.25, -0.2) is 0 Å². The SMILES string of the molecule is CCCC(C)(C=O)CN(C)c1ccccc1. The third-order valence-electron chi connectivity index (χ3n) is 2.90. The minimum absolute atomic E-state index is 0.237. The van der Waals surface area contributed by atoms with Gasteiger partial charge in [0.05, 0.1) is 0 Å². The molecule has 0 bridgehead atoms. The van der Waals surface area contributed by atoms with Gasteiger partial charge in [-0.1, -0.05) is 38.5 Å². The van der Waals surface area contributed by atoms with Gasteiger partial charge in [-0.3, -0.25) is 0 Å². The monoisotopic (exact) mass is 219 g/mol. The van der Waals surface area contributed by atoms with E-state index in [9.17, 15) is 4.79 Å². The van der Waals surface area contributed by atoms with Crippen LogP contribution in [-0.2, 0) is 4.79 Å². The molecular weight excluding hydrogens is 198 g/mol. The van der Waals surface area contributed by atoms with E-state index in [1.54, 1.807) is 0 Å². The first kappa shape index (κ1) is 12.8. The van der Waals surface area contributed by atoms with Crippen LogP contribution in [0.4, 0.5) is 5.69 Å². The third-order valence-corrected chi connectivity index (χ3v) is 2.90. The van der Waals surface area contributed by atoms with E-state index >= 15 is 0 Å². The Labute approximate surface area is 98.3 Å². The van der Waals surface area contributed by atoms with Gasteiger partial charge in [-0.05, 0) is 18.6 Å². The number of hydrogen-bond donors (Lipinski definition) is 0. The van der Waals surface area contributed by atoms with E-state index in [0.717, 1.165) is 31.4 Å². The highest BCUT2D eigenvalue weighted by Gasteiger charge is 2.24. The summed E-state index contributed by atoms with van der Waals surface area (Å²) in [4.78, 5) is 13.3. The number of rotatable bonds is 6. The van der Waals surface area contributed by atoms with E-state index in [4.69, 9.17) is 0 Å². The zero-order valence-electron chi connectivity index (χ0n) is 10.4. The Balaban J connectivity index is 2.69. The Kier molecular flexibility index (Phi) is 4.53. The molecule has 0 fully saturated rings. The van der Waals surface area contributed by atoms with Crippen molar-refractivity contribution in [1.29, 1.82) is 0 Å². The Morgan fingerprint density at radius 1 is 1.31 bits per heavy atom. The van der Waals surface area contributed by atoms with Crippen molar-refractivity contribution in [3.8, 4) is 0 Å². The number of benzene rings is 1. The van der Waals surface area contributed by atoms with Crippen molar-refractivity contribution in [2.24, 2.45) is 5.41 Å². The molecule has 0 spiro atoms. The van der Waals surface area contributed by atoms with Crippen LogP contribution in [0.3, 0.4) is 0 Å². The highest BCUT2D eigenvalue weighted by atomic mass is 16.1. The summed E-state index contributed by atoms with van der Waals surface area (Å²) in [5.41, 5.74) is 0.922. The molecule has 16 heavy (non-hydrogen) atoms. The second-order valence-electron chi connectivity index (χ2n) is 4.71. The standard InChI is InChI=1S/C14H21NO/c1-4-10-14(2,12-16)11-15(3)13-8-6-5-7-9-13/h5-9,12H,4,10-11H2,1-3H3. The first-order valence-corrected chi connectivity index (χ1v) is 5.84. The number of carbonyl (C=O) groups excluding carboxylic acids is 1. The molecule has 0 aliphatic rings. The maximum Gasteiger partial charge on any atom is 0.127 e. The van der Waals surface area contributed by atoms with Gasteiger partial charge in [0.25, 0.3) is 0 Å². The molecule has 1 aromatic carbocycles. The summed E-state index contributed by atoms with van der Waals surface area (Å²) in [6, 6.07) is 10.2. The summed E-state index contributed by atoms with van der Waals surface area (Å²) in [6.45, 7) is 4.92. The Morgan fingerprint density at radius 3 is 2.44 bits per heavy atom. The molecule has 1 rings (SSSR count). The topological polar surface area (TPSA) is 20.3 Å². The van der Waals surface area contributed by atoms with Crippen LogP contribution in [0.15, 0.2) is 30.3 Å². The number of para-hydroxylation sites is 1. The predicted octanol–water partition coefficient (Wildman–Crippen LogP) is 3.13. The van der Waals surface area contributed by atoms with E-state index < -0.39 is 0 Å². The number of carbonyl (C=O) groups is 1.